The van der Waals surface area contributed by atoms with E-state index in [4.69, 9.17) is 9.47 Å². The molecule has 1 N–H and O–H groups in total. The molecule has 4 nitrogen and oxygen atoms in total. The van der Waals surface area contributed by atoms with Crippen molar-refractivity contribution in [3.63, 3.8) is 0 Å². The topological polar surface area (TPSA) is 41.9 Å². The van der Waals surface area contributed by atoms with Crippen molar-refractivity contribution in [2.24, 2.45) is 0 Å². The van der Waals surface area contributed by atoms with Gasteiger partial charge in [0.1, 0.15) is 17.2 Å². The van der Waals surface area contributed by atoms with Crippen LogP contribution >= 0.6 is 0 Å². The number of rotatable bonds is 8. The summed E-state index contributed by atoms with van der Waals surface area (Å²) in [6, 6.07) is 24.4. The van der Waals surface area contributed by atoms with Crippen molar-refractivity contribution >= 4 is 0 Å². The first-order chi connectivity index (χ1) is 15.1. The lowest BCUT2D eigenvalue weighted by Gasteiger charge is -2.34. The van der Waals surface area contributed by atoms with Gasteiger partial charge in [-0.15, -0.1) is 0 Å². The summed E-state index contributed by atoms with van der Waals surface area (Å²) < 4.78 is 12.0. The Bertz CT molecular complexity index is 970. The molecule has 0 saturated heterocycles. The molecule has 3 aromatic rings. The fourth-order valence-electron chi connectivity index (χ4n) is 4.29. The normalized spacial score (nSPS) is 17.8. The van der Waals surface area contributed by atoms with Crippen LogP contribution in [-0.2, 0) is 0 Å². The minimum atomic E-state index is 0.154. The van der Waals surface area contributed by atoms with Crippen LogP contribution in [-0.4, -0.2) is 43.9 Å². The van der Waals surface area contributed by atoms with Crippen LogP contribution in [0.4, 0.5) is 0 Å². The lowest BCUT2D eigenvalue weighted by Crippen LogP contribution is -2.25. The number of benzene rings is 3. The third-order valence-electron chi connectivity index (χ3n) is 5.89. The smallest absolute Gasteiger partial charge is 0.126 e. The highest BCUT2D eigenvalue weighted by molar-refractivity contribution is 5.50. The number of nitrogens with zero attached hydrogens (tertiary/aromatic N) is 1. The maximum absolute atomic E-state index is 9.92. The molecule has 0 saturated carbocycles. The van der Waals surface area contributed by atoms with Gasteiger partial charge in [0.15, 0.2) is 0 Å². The Kier molecular flexibility index (Phi) is 6.78. The molecule has 0 unspecified atom stereocenters. The molecular formula is C27H31NO3. The second kappa shape index (κ2) is 9.88. The van der Waals surface area contributed by atoms with Gasteiger partial charge in [-0.2, -0.15) is 0 Å². The summed E-state index contributed by atoms with van der Waals surface area (Å²) in [5.41, 5.74) is 3.59. The van der Waals surface area contributed by atoms with Gasteiger partial charge in [0, 0.05) is 23.5 Å². The van der Waals surface area contributed by atoms with E-state index >= 15 is 0 Å². The van der Waals surface area contributed by atoms with Gasteiger partial charge < -0.3 is 19.5 Å². The van der Waals surface area contributed by atoms with E-state index in [9.17, 15) is 5.11 Å². The van der Waals surface area contributed by atoms with E-state index in [1.165, 1.54) is 11.1 Å². The van der Waals surface area contributed by atoms with E-state index in [1.54, 1.807) is 12.1 Å². The highest BCUT2D eigenvalue weighted by Crippen LogP contribution is 2.47. The van der Waals surface area contributed by atoms with Crippen LogP contribution in [0, 0.1) is 0 Å². The number of aromatic hydroxyl groups is 1. The SMILES string of the molecule is CN(C)CCCCOc1ccc([C@@H]2c3ccc(O)cc3OC[C@@H]2c2ccccc2)cc1. The van der Waals surface area contributed by atoms with Gasteiger partial charge >= 0.3 is 0 Å². The number of phenols is 1. The third kappa shape index (κ3) is 5.20. The molecule has 1 aliphatic heterocycles. The van der Waals surface area contributed by atoms with Crippen molar-refractivity contribution in [2.45, 2.75) is 24.7 Å². The molecule has 0 aliphatic carbocycles. The predicted octanol–water partition coefficient (Wildman–Crippen LogP) is 5.42. The summed E-state index contributed by atoms with van der Waals surface area (Å²) in [7, 11) is 4.19. The Morgan fingerprint density at radius 3 is 2.45 bits per heavy atom. The third-order valence-corrected chi connectivity index (χ3v) is 5.89. The van der Waals surface area contributed by atoms with Gasteiger partial charge in [0.2, 0.25) is 0 Å². The Labute approximate surface area is 185 Å². The van der Waals surface area contributed by atoms with Crippen molar-refractivity contribution in [3.8, 4) is 17.2 Å². The van der Waals surface area contributed by atoms with Crippen molar-refractivity contribution in [3.05, 3.63) is 89.5 Å². The molecule has 2 atom stereocenters. The minimum Gasteiger partial charge on any atom is -0.508 e. The van der Waals surface area contributed by atoms with Crippen LogP contribution in [0.2, 0.25) is 0 Å². The van der Waals surface area contributed by atoms with Crippen molar-refractivity contribution in [1.82, 2.24) is 4.90 Å². The summed E-state index contributed by atoms with van der Waals surface area (Å²) in [5.74, 6) is 2.26. The first-order valence-electron chi connectivity index (χ1n) is 11.0. The maximum Gasteiger partial charge on any atom is 0.126 e. The number of fused-ring (bicyclic) bond motifs is 1. The zero-order valence-corrected chi connectivity index (χ0v) is 18.3. The zero-order valence-electron chi connectivity index (χ0n) is 18.3. The van der Waals surface area contributed by atoms with Crippen LogP contribution in [0.25, 0.3) is 0 Å². The summed E-state index contributed by atoms with van der Waals surface area (Å²) in [6.07, 6.45) is 2.18. The molecule has 0 bridgehead atoms. The van der Waals surface area contributed by atoms with Crippen molar-refractivity contribution in [1.29, 1.82) is 0 Å². The molecule has 0 radical (unpaired) electrons. The van der Waals surface area contributed by atoms with E-state index in [-0.39, 0.29) is 17.6 Å². The fourth-order valence-corrected chi connectivity index (χ4v) is 4.29. The Morgan fingerprint density at radius 2 is 1.71 bits per heavy atom. The van der Waals surface area contributed by atoms with Gasteiger partial charge in [-0.1, -0.05) is 48.5 Å². The molecule has 1 aliphatic rings. The second-order valence-corrected chi connectivity index (χ2v) is 8.46. The number of hydrogen-bond donors (Lipinski definition) is 1. The molecular weight excluding hydrogens is 386 g/mol. The van der Waals surface area contributed by atoms with E-state index in [2.05, 4.69) is 67.5 Å². The highest BCUT2D eigenvalue weighted by atomic mass is 16.5. The fraction of sp³-hybridized carbons (Fsp3) is 0.333. The number of unbranched alkanes of at least 4 members (excludes halogenated alkanes) is 1. The van der Waals surface area contributed by atoms with Gasteiger partial charge in [-0.3, -0.25) is 0 Å². The van der Waals surface area contributed by atoms with E-state index < -0.39 is 0 Å². The number of phenolic OH excluding ortho intramolecular Hbond substituents is 1. The lowest BCUT2D eigenvalue weighted by atomic mass is 9.76. The molecule has 0 fully saturated rings. The second-order valence-electron chi connectivity index (χ2n) is 8.46. The van der Waals surface area contributed by atoms with Crippen LogP contribution in [0.5, 0.6) is 17.2 Å². The molecule has 0 amide bonds. The molecule has 31 heavy (non-hydrogen) atoms. The molecule has 4 rings (SSSR count). The summed E-state index contributed by atoms with van der Waals surface area (Å²) in [4.78, 5) is 2.20. The maximum atomic E-state index is 9.92. The standard InChI is InChI=1S/C27H31NO3/c1-28(2)16-6-7-17-30-23-13-10-21(11-14-23)27-24-15-12-22(29)18-26(24)31-19-25(27)20-8-4-3-5-9-20/h3-5,8-15,18,25,27,29H,6-7,16-17,19H2,1-2H3/t25-,27-/m1/s1. The molecule has 3 aromatic carbocycles. The van der Waals surface area contributed by atoms with E-state index in [1.807, 2.05) is 12.1 Å². The van der Waals surface area contributed by atoms with Crippen molar-refractivity contribution < 1.29 is 14.6 Å². The first kappa shape index (κ1) is 21.3. The highest BCUT2D eigenvalue weighted by Gasteiger charge is 2.33. The minimum absolute atomic E-state index is 0.154. The van der Waals surface area contributed by atoms with E-state index in [0.29, 0.717) is 6.61 Å². The van der Waals surface area contributed by atoms with Gasteiger partial charge in [-0.25, -0.2) is 0 Å². The molecule has 0 spiro atoms. The van der Waals surface area contributed by atoms with Gasteiger partial charge in [0.05, 0.1) is 13.2 Å². The van der Waals surface area contributed by atoms with Crippen molar-refractivity contribution in [2.75, 3.05) is 33.9 Å². The monoisotopic (exact) mass is 417 g/mol. The van der Waals surface area contributed by atoms with Gasteiger partial charge in [-0.05, 0) is 62.8 Å². The lowest BCUT2D eigenvalue weighted by molar-refractivity contribution is 0.247. The molecule has 4 heteroatoms. The molecule has 1 heterocycles. The predicted molar refractivity (Wildman–Crippen MR) is 124 cm³/mol. The van der Waals surface area contributed by atoms with E-state index in [0.717, 1.165) is 43.1 Å². The van der Waals surface area contributed by atoms with Crippen LogP contribution in [0.1, 0.15) is 41.4 Å². The average Bonchev–Trinajstić information content (AvgIpc) is 2.79. The Hall–Kier alpha value is -2.98. The molecule has 162 valence electrons. The Balaban J connectivity index is 1.54. The van der Waals surface area contributed by atoms with Crippen LogP contribution in [0.15, 0.2) is 72.8 Å². The summed E-state index contributed by atoms with van der Waals surface area (Å²) >= 11 is 0. The quantitative estimate of drug-likeness (QED) is 0.497. The number of hydrogen-bond acceptors (Lipinski definition) is 4. The van der Waals surface area contributed by atoms with Crippen LogP contribution < -0.4 is 9.47 Å². The summed E-state index contributed by atoms with van der Waals surface area (Å²) in [6.45, 7) is 2.40. The van der Waals surface area contributed by atoms with Gasteiger partial charge in [0.25, 0.3) is 0 Å². The summed E-state index contributed by atoms with van der Waals surface area (Å²) in [5, 5.41) is 9.92. The zero-order chi connectivity index (χ0) is 21.6. The first-order valence-corrected chi connectivity index (χ1v) is 11.0. The number of ether oxygens (including phenoxy) is 2. The average molecular weight is 418 g/mol. The largest absolute Gasteiger partial charge is 0.508 e. The molecule has 0 aromatic heterocycles. The Morgan fingerprint density at radius 1 is 0.935 bits per heavy atom. The van der Waals surface area contributed by atoms with Crippen LogP contribution in [0.3, 0.4) is 0 Å².